The van der Waals surface area contributed by atoms with Crippen LogP contribution < -0.4 is 9.47 Å². The lowest BCUT2D eigenvalue weighted by atomic mass is 10.0. The first-order valence-electron chi connectivity index (χ1n) is 4.66. The van der Waals surface area contributed by atoms with Gasteiger partial charge >= 0.3 is 0 Å². The first kappa shape index (κ1) is 12.1. The fraction of sp³-hybridized carbons (Fsp3) is 0.455. The van der Waals surface area contributed by atoms with Crippen molar-refractivity contribution in [2.45, 2.75) is 12.8 Å². The van der Waals surface area contributed by atoms with E-state index in [1.165, 1.54) is 0 Å². The van der Waals surface area contributed by atoms with Crippen LogP contribution in [0.2, 0.25) is 5.02 Å². The third kappa shape index (κ3) is 2.55. The molecule has 4 heteroatoms. The monoisotopic (exact) mass is 230 g/mol. The molecule has 0 aromatic heterocycles. The highest BCUT2D eigenvalue weighted by atomic mass is 35.5. The molecule has 1 aromatic carbocycles. The van der Waals surface area contributed by atoms with Gasteiger partial charge in [0.15, 0.2) is 0 Å². The highest BCUT2D eigenvalue weighted by Crippen LogP contribution is 2.35. The van der Waals surface area contributed by atoms with E-state index in [2.05, 4.69) is 0 Å². The zero-order valence-electron chi connectivity index (χ0n) is 9.08. The van der Waals surface area contributed by atoms with Crippen LogP contribution in [0.25, 0.3) is 0 Å². The molecule has 0 aliphatic rings. The summed E-state index contributed by atoms with van der Waals surface area (Å²) in [4.78, 5) is 0. The summed E-state index contributed by atoms with van der Waals surface area (Å²) >= 11 is 5.96. The van der Waals surface area contributed by atoms with Crippen molar-refractivity contribution in [3.05, 3.63) is 22.7 Å². The van der Waals surface area contributed by atoms with E-state index in [9.17, 15) is 0 Å². The van der Waals surface area contributed by atoms with E-state index in [1.54, 1.807) is 26.4 Å². The maximum Gasteiger partial charge on any atom is 0.138 e. The molecule has 0 saturated carbocycles. The molecule has 1 atom stereocenters. The molecule has 0 aliphatic carbocycles. The van der Waals surface area contributed by atoms with Crippen LogP contribution in [-0.2, 0) is 0 Å². The van der Waals surface area contributed by atoms with Crippen LogP contribution in [0.15, 0.2) is 12.1 Å². The van der Waals surface area contributed by atoms with Crippen molar-refractivity contribution in [1.29, 1.82) is 0 Å². The van der Waals surface area contributed by atoms with Gasteiger partial charge < -0.3 is 14.6 Å². The topological polar surface area (TPSA) is 38.7 Å². The highest BCUT2D eigenvalue weighted by molar-refractivity contribution is 6.32. The molecule has 0 saturated heterocycles. The number of aliphatic hydroxyl groups excluding tert-OH is 1. The second-order valence-electron chi connectivity index (χ2n) is 3.31. The Labute approximate surface area is 94.6 Å². The van der Waals surface area contributed by atoms with E-state index < -0.39 is 0 Å². The van der Waals surface area contributed by atoms with Crippen molar-refractivity contribution in [2.24, 2.45) is 0 Å². The minimum Gasteiger partial charge on any atom is -0.496 e. The van der Waals surface area contributed by atoms with Gasteiger partial charge in [-0.25, -0.2) is 0 Å². The van der Waals surface area contributed by atoms with Gasteiger partial charge in [-0.3, -0.25) is 0 Å². The largest absolute Gasteiger partial charge is 0.496 e. The average molecular weight is 231 g/mol. The summed E-state index contributed by atoms with van der Waals surface area (Å²) in [6, 6.07) is 3.49. The molecule has 1 unspecified atom stereocenters. The second-order valence-corrected chi connectivity index (χ2v) is 3.72. The molecular weight excluding hydrogens is 216 g/mol. The normalized spacial score (nSPS) is 12.3. The first-order valence-corrected chi connectivity index (χ1v) is 5.04. The van der Waals surface area contributed by atoms with Crippen LogP contribution in [-0.4, -0.2) is 25.9 Å². The number of ether oxygens (including phenoxy) is 2. The number of halogens is 1. The SMILES string of the molecule is COc1cc(C(C)CO)c(OC)cc1Cl. The fourth-order valence-electron chi connectivity index (χ4n) is 1.37. The maximum absolute atomic E-state index is 9.11. The van der Waals surface area contributed by atoms with Crippen LogP contribution in [0.5, 0.6) is 11.5 Å². The molecule has 3 nitrogen and oxygen atoms in total. The Morgan fingerprint density at radius 3 is 2.33 bits per heavy atom. The zero-order chi connectivity index (χ0) is 11.4. The summed E-state index contributed by atoms with van der Waals surface area (Å²) < 4.78 is 10.3. The van der Waals surface area contributed by atoms with Gasteiger partial charge in [-0.2, -0.15) is 0 Å². The minimum atomic E-state index is -0.00823. The molecule has 0 amide bonds. The average Bonchev–Trinajstić information content (AvgIpc) is 2.27. The molecule has 0 fully saturated rings. The molecule has 1 N–H and O–H groups in total. The molecular formula is C11H15ClO3. The molecule has 0 bridgehead atoms. The van der Waals surface area contributed by atoms with E-state index in [-0.39, 0.29) is 12.5 Å². The van der Waals surface area contributed by atoms with Gasteiger partial charge in [0.2, 0.25) is 0 Å². The maximum atomic E-state index is 9.11. The third-order valence-electron chi connectivity index (χ3n) is 2.31. The number of aliphatic hydroxyl groups is 1. The van der Waals surface area contributed by atoms with Gasteiger partial charge in [-0.15, -0.1) is 0 Å². The Morgan fingerprint density at radius 1 is 1.27 bits per heavy atom. The van der Waals surface area contributed by atoms with Crippen LogP contribution in [0.4, 0.5) is 0 Å². The zero-order valence-corrected chi connectivity index (χ0v) is 9.84. The van der Waals surface area contributed by atoms with E-state index >= 15 is 0 Å². The van der Waals surface area contributed by atoms with Gasteiger partial charge in [0, 0.05) is 24.2 Å². The molecule has 84 valence electrons. The summed E-state index contributed by atoms with van der Waals surface area (Å²) in [6.45, 7) is 1.96. The Balaban J connectivity index is 3.22. The van der Waals surface area contributed by atoms with E-state index in [0.717, 1.165) is 5.56 Å². The van der Waals surface area contributed by atoms with Crippen molar-refractivity contribution in [3.63, 3.8) is 0 Å². The second kappa shape index (κ2) is 5.24. The molecule has 15 heavy (non-hydrogen) atoms. The van der Waals surface area contributed by atoms with Crippen LogP contribution >= 0.6 is 11.6 Å². The molecule has 1 rings (SSSR count). The Kier molecular flexibility index (Phi) is 4.24. The summed E-state index contributed by atoms with van der Waals surface area (Å²) in [5.74, 6) is 1.25. The predicted molar refractivity (Wildman–Crippen MR) is 60.1 cm³/mol. The van der Waals surface area contributed by atoms with Crippen molar-refractivity contribution in [1.82, 2.24) is 0 Å². The Hall–Kier alpha value is -0.930. The van der Waals surface area contributed by atoms with E-state index in [1.807, 2.05) is 6.92 Å². The number of benzene rings is 1. The fourth-order valence-corrected chi connectivity index (χ4v) is 1.60. The number of methoxy groups -OCH3 is 2. The molecule has 0 spiro atoms. The van der Waals surface area contributed by atoms with Crippen LogP contribution in [0, 0.1) is 0 Å². The lowest BCUT2D eigenvalue weighted by Crippen LogP contribution is -2.02. The minimum absolute atomic E-state index is 0.00823. The standard InChI is InChI=1S/C11H15ClO3/c1-7(6-13)8-4-11(15-3)9(12)5-10(8)14-2/h4-5,7,13H,6H2,1-3H3. The van der Waals surface area contributed by atoms with E-state index in [0.29, 0.717) is 16.5 Å². The third-order valence-corrected chi connectivity index (χ3v) is 2.60. The van der Waals surface area contributed by atoms with Gasteiger partial charge in [-0.1, -0.05) is 18.5 Å². The summed E-state index contributed by atoms with van der Waals surface area (Å²) in [5, 5.41) is 9.61. The van der Waals surface area contributed by atoms with Crippen molar-refractivity contribution < 1.29 is 14.6 Å². The number of hydrogen-bond acceptors (Lipinski definition) is 3. The lowest BCUT2D eigenvalue weighted by molar-refractivity contribution is 0.269. The molecule has 0 aliphatic heterocycles. The van der Waals surface area contributed by atoms with Crippen molar-refractivity contribution >= 4 is 11.6 Å². The van der Waals surface area contributed by atoms with Gasteiger partial charge in [0.25, 0.3) is 0 Å². The van der Waals surface area contributed by atoms with Crippen molar-refractivity contribution in [2.75, 3.05) is 20.8 Å². The summed E-state index contributed by atoms with van der Waals surface area (Å²) in [7, 11) is 3.13. The smallest absolute Gasteiger partial charge is 0.138 e. The highest BCUT2D eigenvalue weighted by Gasteiger charge is 2.14. The Bertz CT molecular complexity index is 339. The Morgan fingerprint density at radius 2 is 1.87 bits per heavy atom. The van der Waals surface area contributed by atoms with Gasteiger partial charge in [0.1, 0.15) is 11.5 Å². The molecule has 1 aromatic rings. The van der Waals surface area contributed by atoms with Crippen LogP contribution in [0.3, 0.4) is 0 Å². The molecule has 0 heterocycles. The molecule has 0 radical (unpaired) electrons. The van der Waals surface area contributed by atoms with Gasteiger partial charge in [0.05, 0.1) is 19.2 Å². The number of hydrogen-bond donors (Lipinski definition) is 1. The van der Waals surface area contributed by atoms with Crippen LogP contribution in [0.1, 0.15) is 18.4 Å². The summed E-state index contributed by atoms with van der Waals surface area (Å²) in [6.07, 6.45) is 0. The van der Waals surface area contributed by atoms with Gasteiger partial charge in [-0.05, 0) is 6.07 Å². The lowest BCUT2D eigenvalue weighted by Gasteiger charge is -2.15. The van der Waals surface area contributed by atoms with Crippen molar-refractivity contribution in [3.8, 4) is 11.5 Å². The predicted octanol–water partition coefficient (Wildman–Crippen LogP) is 2.45. The number of rotatable bonds is 4. The summed E-state index contributed by atoms with van der Waals surface area (Å²) in [5.41, 5.74) is 0.890. The quantitative estimate of drug-likeness (QED) is 0.864. The van der Waals surface area contributed by atoms with E-state index in [4.69, 9.17) is 26.2 Å². The first-order chi connectivity index (χ1) is 7.13.